The molecule has 1 aromatic rings. The summed E-state index contributed by atoms with van der Waals surface area (Å²) in [5.41, 5.74) is -0.195. The van der Waals surface area contributed by atoms with E-state index in [0.717, 1.165) is 0 Å². The second-order valence-corrected chi connectivity index (χ2v) is 3.88. The van der Waals surface area contributed by atoms with E-state index in [1.807, 2.05) is 13.8 Å². The number of hydrogen-bond donors (Lipinski definition) is 1. The molecule has 0 radical (unpaired) electrons. The molecule has 0 aromatic carbocycles. The Morgan fingerprint density at radius 3 is 3.07 bits per heavy atom. The standard InChI is InChI=1S/C8H12N4OS/c1-3-12-7(13)10-11-8(12)14-5-6(2)4-9/h6H,3,5H2,1-2H3,(H,10,13). The second kappa shape index (κ2) is 4.86. The van der Waals surface area contributed by atoms with Crippen molar-refractivity contribution >= 4 is 11.8 Å². The van der Waals surface area contributed by atoms with Crippen molar-refractivity contribution in [3.63, 3.8) is 0 Å². The fourth-order valence-electron chi connectivity index (χ4n) is 0.929. The van der Waals surface area contributed by atoms with E-state index in [0.29, 0.717) is 17.5 Å². The van der Waals surface area contributed by atoms with Gasteiger partial charge in [0.1, 0.15) is 0 Å². The van der Waals surface area contributed by atoms with Crippen LogP contribution in [0, 0.1) is 17.2 Å². The Labute approximate surface area is 86.1 Å². The topological polar surface area (TPSA) is 74.5 Å². The molecule has 0 saturated carbocycles. The van der Waals surface area contributed by atoms with E-state index in [4.69, 9.17) is 5.26 Å². The van der Waals surface area contributed by atoms with Crippen molar-refractivity contribution < 1.29 is 0 Å². The quantitative estimate of drug-likeness (QED) is 0.750. The van der Waals surface area contributed by atoms with Gasteiger partial charge in [-0.2, -0.15) is 5.26 Å². The summed E-state index contributed by atoms with van der Waals surface area (Å²) in [7, 11) is 0. The molecule has 0 fully saturated rings. The van der Waals surface area contributed by atoms with Crippen LogP contribution in [0.1, 0.15) is 13.8 Å². The van der Waals surface area contributed by atoms with Gasteiger partial charge in [0.2, 0.25) is 0 Å². The molecule has 1 heterocycles. The van der Waals surface area contributed by atoms with Crippen molar-refractivity contribution in [2.24, 2.45) is 5.92 Å². The van der Waals surface area contributed by atoms with Gasteiger partial charge in [0.05, 0.1) is 12.0 Å². The maximum atomic E-state index is 11.2. The smallest absolute Gasteiger partial charge is 0.270 e. The molecule has 76 valence electrons. The zero-order valence-electron chi connectivity index (χ0n) is 8.15. The number of rotatable bonds is 4. The van der Waals surface area contributed by atoms with E-state index in [-0.39, 0.29) is 11.6 Å². The second-order valence-electron chi connectivity index (χ2n) is 2.90. The molecular formula is C8H12N4OS. The molecule has 0 bridgehead atoms. The van der Waals surface area contributed by atoms with Crippen molar-refractivity contribution in [2.45, 2.75) is 25.5 Å². The molecule has 0 saturated heterocycles. The molecule has 0 spiro atoms. The van der Waals surface area contributed by atoms with Gasteiger partial charge in [0, 0.05) is 12.3 Å². The molecule has 0 amide bonds. The molecule has 1 rings (SSSR count). The lowest BCUT2D eigenvalue weighted by Gasteiger charge is -2.02. The van der Waals surface area contributed by atoms with Gasteiger partial charge in [-0.3, -0.25) is 4.57 Å². The van der Waals surface area contributed by atoms with E-state index in [1.54, 1.807) is 4.57 Å². The molecule has 6 heteroatoms. The monoisotopic (exact) mass is 212 g/mol. The number of aromatic nitrogens is 3. The Bertz CT molecular complexity index is 389. The van der Waals surface area contributed by atoms with E-state index in [2.05, 4.69) is 16.3 Å². The minimum atomic E-state index is -0.195. The summed E-state index contributed by atoms with van der Waals surface area (Å²) in [6, 6.07) is 2.13. The lowest BCUT2D eigenvalue weighted by Crippen LogP contribution is -2.16. The van der Waals surface area contributed by atoms with Gasteiger partial charge in [0.15, 0.2) is 5.16 Å². The first-order chi connectivity index (χ1) is 6.69. The Hall–Kier alpha value is -1.22. The summed E-state index contributed by atoms with van der Waals surface area (Å²) in [4.78, 5) is 11.2. The van der Waals surface area contributed by atoms with Crippen LogP contribution in [0.25, 0.3) is 0 Å². The summed E-state index contributed by atoms with van der Waals surface area (Å²) in [5, 5.41) is 15.5. The normalized spacial score (nSPS) is 12.4. The average Bonchev–Trinajstić information content (AvgIpc) is 2.55. The van der Waals surface area contributed by atoms with Gasteiger partial charge in [-0.25, -0.2) is 9.89 Å². The van der Waals surface area contributed by atoms with Crippen molar-refractivity contribution in [3.05, 3.63) is 10.5 Å². The molecule has 0 aliphatic carbocycles. The first-order valence-electron chi connectivity index (χ1n) is 4.36. The Kier molecular flexibility index (Phi) is 3.77. The molecule has 1 N–H and O–H groups in total. The lowest BCUT2D eigenvalue weighted by atomic mass is 10.3. The molecule has 0 aliphatic heterocycles. The summed E-state index contributed by atoms with van der Waals surface area (Å²) >= 11 is 1.42. The third-order valence-corrected chi connectivity index (χ3v) is 2.96. The molecular weight excluding hydrogens is 200 g/mol. The van der Waals surface area contributed by atoms with Crippen LogP contribution in [-0.4, -0.2) is 20.5 Å². The van der Waals surface area contributed by atoms with E-state index in [1.165, 1.54) is 11.8 Å². The van der Waals surface area contributed by atoms with Crippen LogP contribution in [0.5, 0.6) is 0 Å². The van der Waals surface area contributed by atoms with Crippen molar-refractivity contribution in [2.75, 3.05) is 5.75 Å². The van der Waals surface area contributed by atoms with Crippen LogP contribution in [0.15, 0.2) is 9.95 Å². The number of aromatic amines is 1. The lowest BCUT2D eigenvalue weighted by molar-refractivity contribution is 0.659. The van der Waals surface area contributed by atoms with Gasteiger partial charge in [0.25, 0.3) is 0 Å². The van der Waals surface area contributed by atoms with Gasteiger partial charge in [-0.05, 0) is 13.8 Å². The zero-order chi connectivity index (χ0) is 10.6. The number of nitrogens with one attached hydrogen (secondary N) is 1. The maximum absolute atomic E-state index is 11.2. The van der Waals surface area contributed by atoms with Gasteiger partial charge >= 0.3 is 5.69 Å². The molecule has 14 heavy (non-hydrogen) atoms. The molecule has 0 aliphatic rings. The highest BCUT2D eigenvalue weighted by Gasteiger charge is 2.08. The van der Waals surface area contributed by atoms with Crippen molar-refractivity contribution in [3.8, 4) is 6.07 Å². The molecule has 1 aromatic heterocycles. The third-order valence-electron chi connectivity index (χ3n) is 1.72. The average molecular weight is 212 g/mol. The van der Waals surface area contributed by atoms with Crippen LogP contribution in [0.4, 0.5) is 0 Å². The fraction of sp³-hybridized carbons (Fsp3) is 0.625. The van der Waals surface area contributed by atoms with Crippen LogP contribution in [0.3, 0.4) is 0 Å². The number of H-pyrrole nitrogens is 1. The summed E-state index contributed by atoms with van der Waals surface area (Å²) in [6.45, 7) is 4.32. The number of nitriles is 1. The summed E-state index contributed by atoms with van der Waals surface area (Å²) < 4.78 is 1.55. The SMILES string of the molecule is CCn1c(SCC(C)C#N)n[nH]c1=O. The Balaban J connectivity index is 2.68. The third kappa shape index (κ3) is 2.39. The van der Waals surface area contributed by atoms with Crippen LogP contribution < -0.4 is 5.69 Å². The highest BCUT2D eigenvalue weighted by atomic mass is 32.2. The van der Waals surface area contributed by atoms with Gasteiger partial charge < -0.3 is 0 Å². The van der Waals surface area contributed by atoms with E-state index in [9.17, 15) is 4.79 Å². The maximum Gasteiger partial charge on any atom is 0.343 e. The number of nitrogens with zero attached hydrogens (tertiary/aromatic N) is 3. The minimum Gasteiger partial charge on any atom is -0.270 e. The van der Waals surface area contributed by atoms with Crippen LogP contribution in [0.2, 0.25) is 0 Å². The Morgan fingerprint density at radius 2 is 2.50 bits per heavy atom. The minimum absolute atomic E-state index is 0.0305. The number of hydrogen-bond acceptors (Lipinski definition) is 4. The summed E-state index contributed by atoms with van der Waals surface area (Å²) in [6.07, 6.45) is 0. The molecule has 5 nitrogen and oxygen atoms in total. The van der Waals surface area contributed by atoms with Gasteiger partial charge in [-0.1, -0.05) is 11.8 Å². The van der Waals surface area contributed by atoms with E-state index < -0.39 is 0 Å². The van der Waals surface area contributed by atoms with Crippen molar-refractivity contribution in [1.82, 2.24) is 14.8 Å². The Morgan fingerprint density at radius 1 is 1.79 bits per heavy atom. The first-order valence-corrected chi connectivity index (χ1v) is 5.35. The predicted octanol–water partition coefficient (Wildman–Crippen LogP) is 0.843. The highest BCUT2D eigenvalue weighted by Crippen LogP contribution is 2.16. The number of thioether (sulfide) groups is 1. The predicted molar refractivity (Wildman–Crippen MR) is 54.0 cm³/mol. The van der Waals surface area contributed by atoms with Crippen molar-refractivity contribution in [1.29, 1.82) is 5.26 Å². The zero-order valence-corrected chi connectivity index (χ0v) is 8.97. The molecule has 1 unspecified atom stereocenters. The summed E-state index contributed by atoms with van der Waals surface area (Å²) in [5.74, 6) is 0.623. The van der Waals surface area contributed by atoms with E-state index >= 15 is 0 Å². The fourth-order valence-corrected chi connectivity index (χ4v) is 1.88. The largest absolute Gasteiger partial charge is 0.343 e. The van der Waals surface area contributed by atoms with Crippen LogP contribution >= 0.6 is 11.8 Å². The molecule has 1 atom stereocenters. The van der Waals surface area contributed by atoms with Crippen LogP contribution in [-0.2, 0) is 6.54 Å². The highest BCUT2D eigenvalue weighted by molar-refractivity contribution is 7.99. The van der Waals surface area contributed by atoms with Gasteiger partial charge in [-0.15, -0.1) is 5.10 Å². The first kappa shape index (κ1) is 10.9.